The van der Waals surface area contributed by atoms with E-state index in [1.807, 2.05) is 6.92 Å². The van der Waals surface area contributed by atoms with Gasteiger partial charge in [0.1, 0.15) is 17.9 Å². The van der Waals surface area contributed by atoms with Crippen LogP contribution in [0.15, 0.2) is 27.6 Å². The lowest BCUT2D eigenvalue weighted by atomic mass is 9.86. The van der Waals surface area contributed by atoms with E-state index in [9.17, 15) is 9.59 Å². The van der Waals surface area contributed by atoms with Gasteiger partial charge in [0.05, 0.1) is 11.8 Å². The van der Waals surface area contributed by atoms with Crippen molar-refractivity contribution in [3.05, 3.63) is 34.6 Å². The van der Waals surface area contributed by atoms with Crippen molar-refractivity contribution in [1.29, 1.82) is 0 Å². The SMILES string of the molecule is Cc1nn(CC(=O)N[C@@H]2CCCC[C@@H]2C)c(=O)c2cc3occc3n12. The van der Waals surface area contributed by atoms with Gasteiger partial charge in [-0.1, -0.05) is 19.8 Å². The van der Waals surface area contributed by atoms with E-state index in [-0.39, 0.29) is 24.1 Å². The van der Waals surface area contributed by atoms with Crippen LogP contribution in [0.1, 0.15) is 38.4 Å². The van der Waals surface area contributed by atoms with Gasteiger partial charge in [0.2, 0.25) is 5.91 Å². The molecule has 1 aliphatic carbocycles. The van der Waals surface area contributed by atoms with Crippen LogP contribution >= 0.6 is 0 Å². The van der Waals surface area contributed by atoms with Crippen LogP contribution in [0, 0.1) is 12.8 Å². The summed E-state index contributed by atoms with van der Waals surface area (Å²) in [7, 11) is 0. The number of nitrogens with one attached hydrogen (secondary N) is 1. The molecule has 25 heavy (non-hydrogen) atoms. The van der Waals surface area contributed by atoms with Crippen molar-refractivity contribution in [2.24, 2.45) is 5.92 Å². The van der Waals surface area contributed by atoms with Crippen molar-refractivity contribution in [1.82, 2.24) is 19.5 Å². The number of rotatable bonds is 3. The van der Waals surface area contributed by atoms with Gasteiger partial charge in [-0.15, -0.1) is 0 Å². The third-order valence-electron chi connectivity index (χ3n) is 5.22. The van der Waals surface area contributed by atoms with Gasteiger partial charge in [0.15, 0.2) is 5.58 Å². The molecule has 0 radical (unpaired) electrons. The Bertz CT molecular complexity index is 997. The molecule has 0 aromatic carbocycles. The number of amides is 1. The Morgan fingerprint density at radius 3 is 2.96 bits per heavy atom. The molecule has 7 nitrogen and oxygen atoms in total. The predicted octanol–water partition coefficient (Wildman–Crippen LogP) is 2.25. The molecule has 0 saturated heterocycles. The van der Waals surface area contributed by atoms with Crippen LogP contribution in [-0.2, 0) is 11.3 Å². The van der Waals surface area contributed by atoms with Crippen LogP contribution in [0.4, 0.5) is 0 Å². The molecule has 4 rings (SSSR count). The molecule has 3 heterocycles. The Hall–Kier alpha value is -2.57. The summed E-state index contributed by atoms with van der Waals surface area (Å²) in [6.45, 7) is 3.92. The fourth-order valence-electron chi connectivity index (χ4n) is 3.85. The molecule has 3 aromatic heterocycles. The van der Waals surface area contributed by atoms with E-state index >= 15 is 0 Å². The second-order valence-corrected chi connectivity index (χ2v) is 6.98. The largest absolute Gasteiger partial charge is 0.463 e. The van der Waals surface area contributed by atoms with Crippen molar-refractivity contribution >= 4 is 22.5 Å². The number of carbonyl (C=O) groups is 1. The number of aryl methyl sites for hydroxylation is 1. The molecule has 0 bridgehead atoms. The molecule has 0 unspecified atom stereocenters. The topological polar surface area (TPSA) is 81.5 Å². The fraction of sp³-hybridized carbons (Fsp3) is 0.500. The third kappa shape index (κ3) is 2.73. The van der Waals surface area contributed by atoms with Crippen LogP contribution in [-0.4, -0.2) is 26.1 Å². The molecular formula is C18H22N4O3. The van der Waals surface area contributed by atoms with Gasteiger partial charge in [-0.3, -0.25) is 14.0 Å². The molecule has 1 amide bonds. The minimum Gasteiger partial charge on any atom is -0.463 e. The van der Waals surface area contributed by atoms with Gasteiger partial charge in [-0.25, -0.2) is 4.68 Å². The van der Waals surface area contributed by atoms with Gasteiger partial charge in [-0.2, -0.15) is 5.10 Å². The second kappa shape index (κ2) is 6.06. The van der Waals surface area contributed by atoms with Gasteiger partial charge in [-0.05, 0) is 25.7 Å². The van der Waals surface area contributed by atoms with E-state index in [1.54, 1.807) is 22.8 Å². The van der Waals surface area contributed by atoms with Gasteiger partial charge >= 0.3 is 0 Å². The lowest BCUT2D eigenvalue weighted by Crippen LogP contribution is -2.44. The highest BCUT2D eigenvalue weighted by Gasteiger charge is 2.23. The molecule has 1 fully saturated rings. The molecule has 7 heteroatoms. The normalized spacial score (nSPS) is 21.0. The monoisotopic (exact) mass is 342 g/mol. The maximum Gasteiger partial charge on any atom is 0.291 e. The standard InChI is InChI=1S/C18H22N4O3/c1-11-5-3-4-6-13(11)19-17(23)10-21-18(24)15-9-16-14(7-8-25-16)22(15)12(2)20-21/h7-9,11,13H,3-6,10H2,1-2H3,(H,19,23)/t11-,13+/m0/s1. The Morgan fingerprint density at radius 2 is 2.16 bits per heavy atom. The minimum absolute atomic E-state index is 0.0636. The van der Waals surface area contributed by atoms with E-state index in [4.69, 9.17) is 4.42 Å². The summed E-state index contributed by atoms with van der Waals surface area (Å²) >= 11 is 0. The van der Waals surface area contributed by atoms with Crippen LogP contribution in [0.3, 0.4) is 0 Å². The molecule has 132 valence electrons. The van der Waals surface area contributed by atoms with Crippen LogP contribution in [0.25, 0.3) is 16.6 Å². The van der Waals surface area contributed by atoms with Crippen LogP contribution < -0.4 is 10.9 Å². The number of carbonyl (C=O) groups excluding carboxylic acids is 1. The lowest BCUT2D eigenvalue weighted by molar-refractivity contribution is -0.123. The van der Waals surface area contributed by atoms with Crippen molar-refractivity contribution in [2.75, 3.05) is 0 Å². The smallest absolute Gasteiger partial charge is 0.291 e. The highest BCUT2D eigenvalue weighted by Crippen LogP contribution is 2.23. The Morgan fingerprint density at radius 1 is 1.36 bits per heavy atom. The second-order valence-electron chi connectivity index (χ2n) is 6.98. The molecule has 0 aliphatic heterocycles. The molecule has 1 aliphatic rings. The summed E-state index contributed by atoms with van der Waals surface area (Å²) < 4.78 is 8.38. The third-order valence-corrected chi connectivity index (χ3v) is 5.22. The number of aromatic nitrogens is 3. The minimum atomic E-state index is -0.288. The first-order valence-corrected chi connectivity index (χ1v) is 8.80. The van der Waals surface area contributed by atoms with E-state index < -0.39 is 0 Å². The van der Waals surface area contributed by atoms with E-state index in [0.717, 1.165) is 24.8 Å². The van der Waals surface area contributed by atoms with Gasteiger partial charge in [0, 0.05) is 18.2 Å². The molecule has 1 saturated carbocycles. The number of fused-ring (bicyclic) bond motifs is 3. The number of hydrogen-bond donors (Lipinski definition) is 1. The van der Waals surface area contributed by atoms with Crippen LogP contribution in [0.5, 0.6) is 0 Å². The Balaban J connectivity index is 1.62. The van der Waals surface area contributed by atoms with Crippen molar-refractivity contribution in [2.45, 2.75) is 52.1 Å². The number of hydrogen-bond acceptors (Lipinski definition) is 4. The summed E-state index contributed by atoms with van der Waals surface area (Å²) in [5, 5.41) is 7.39. The maximum absolute atomic E-state index is 12.7. The van der Waals surface area contributed by atoms with Gasteiger partial charge in [0.25, 0.3) is 5.56 Å². The first-order chi connectivity index (χ1) is 12.0. The average Bonchev–Trinajstić information content (AvgIpc) is 3.15. The molecular weight excluding hydrogens is 320 g/mol. The van der Waals surface area contributed by atoms with Gasteiger partial charge < -0.3 is 9.73 Å². The van der Waals surface area contributed by atoms with E-state index in [1.165, 1.54) is 11.1 Å². The maximum atomic E-state index is 12.7. The Labute approximate surface area is 144 Å². The fourth-order valence-corrected chi connectivity index (χ4v) is 3.85. The highest BCUT2D eigenvalue weighted by molar-refractivity contribution is 5.82. The highest BCUT2D eigenvalue weighted by atomic mass is 16.3. The zero-order chi connectivity index (χ0) is 17.6. The average molecular weight is 342 g/mol. The van der Waals surface area contributed by atoms with E-state index in [0.29, 0.717) is 22.8 Å². The predicted molar refractivity (Wildman–Crippen MR) is 93.5 cm³/mol. The van der Waals surface area contributed by atoms with Crippen molar-refractivity contribution in [3.8, 4) is 0 Å². The zero-order valence-corrected chi connectivity index (χ0v) is 14.5. The van der Waals surface area contributed by atoms with Crippen molar-refractivity contribution < 1.29 is 9.21 Å². The summed E-state index contributed by atoms with van der Waals surface area (Å²) in [4.78, 5) is 25.1. The number of furan rings is 1. The van der Waals surface area contributed by atoms with Crippen LogP contribution in [0.2, 0.25) is 0 Å². The summed E-state index contributed by atoms with van der Waals surface area (Å²) in [6.07, 6.45) is 6.09. The molecule has 0 spiro atoms. The molecule has 3 aromatic rings. The quantitative estimate of drug-likeness (QED) is 0.791. The van der Waals surface area contributed by atoms with E-state index in [2.05, 4.69) is 17.3 Å². The van der Waals surface area contributed by atoms with Crippen molar-refractivity contribution in [3.63, 3.8) is 0 Å². The summed E-state index contributed by atoms with van der Waals surface area (Å²) in [6, 6.07) is 3.69. The first kappa shape index (κ1) is 15.9. The Kier molecular flexibility index (Phi) is 3.86. The summed E-state index contributed by atoms with van der Waals surface area (Å²) in [5.41, 5.74) is 1.63. The number of nitrogens with zero attached hydrogens (tertiary/aromatic N) is 3. The lowest BCUT2D eigenvalue weighted by Gasteiger charge is -2.29. The first-order valence-electron chi connectivity index (χ1n) is 8.80. The zero-order valence-electron chi connectivity index (χ0n) is 14.5. The summed E-state index contributed by atoms with van der Waals surface area (Å²) in [5.74, 6) is 0.960. The molecule has 2 atom stereocenters. The molecule has 1 N–H and O–H groups in total.